The quantitative estimate of drug-likeness (QED) is 0.362. The zero-order valence-electron chi connectivity index (χ0n) is 21.1. The zero-order valence-corrected chi connectivity index (χ0v) is 21.1. The van der Waals surface area contributed by atoms with Gasteiger partial charge in [-0.15, -0.1) is 0 Å². The van der Waals surface area contributed by atoms with E-state index in [0.29, 0.717) is 26.3 Å². The van der Waals surface area contributed by atoms with Crippen molar-refractivity contribution in [3.05, 3.63) is 101 Å². The van der Waals surface area contributed by atoms with Crippen LogP contribution < -0.4 is 5.32 Å². The van der Waals surface area contributed by atoms with E-state index >= 15 is 0 Å². The fourth-order valence-corrected chi connectivity index (χ4v) is 4.96. The third-order valence-electron chi connectivity index (χ3n) is 6.65. The van der Waals surface area contributed by atoms with Crippen LogP contribution in [0.15, 0.2) is 72.9 Å². The lowest BCUT2D eigenvalue weighted by Gasteiger charge is -2.31. The van der Waals surface area contributed by atoms with Gasteiger partial charge in [0, 0.05) is 31.5 Å². The van der Waals surface area contributed by atoms with Crippen molar-refractivity contribution in [3.8, 4) is 11.5 Å². The van der Waals surface area contributed by atoms with E-state index in [1.54, 1.807) is 0 Å². The molecule has 3 heterocycles. The summed E-state index contributed by atoms with van der Waals surface area (Å²) in [5, 5.41) is 8.04. The van der Waals surface area contributed by atoms with Gasteiger partial charge in [-0.3, -0.25) is 0 Å². The molecule has 186 valence electrons. The summed E-state index contributed by atoms with van der Waals surface area (Å²) in [6, 6.07) is 22.4. The molecule has 1 atom stereocenters. The van der Waals surface area contributed by atoms with Crippen LogP contribution in [-0.2, 0) is 11.3 Å². The number of hydrogen-bond acceptors (Lipinski definition) is 3. The average Bonchev–Trinajstić information content (AvgIpc) is 3.44. The summed E-state index contributed by atoms with van der Waals surface area (Å²) < 4.78 is 9.63. The number of ether oxygens (including phenoxy) is 1. The van der Waals surface area contributed by atoms with E-state index in [-0.39, 0.29) is 12.1 Å². The van der Waals surface area contributed by atoms with Crippen LogP contribution in [0.2, 0.25) is 0 Å². The van der Waals surface area contributed by atoms with E-state index in [1.807, 2.05) is 47.7 Å². The van der Waals surface area contributed by atoms with Crippen molar-refractivity contribution in [1.82, 2.24) is 24.6 Å². The predicted molar refractivity (Wildman–Crippen MR) is 141 cm³/mol. The van der Waals surface area contributed by atoms with Crippen LogP contribution in [0.4, 0.5) is 4.79 Å². The Morgan fingerprint density at radius 1 is 1.08 bits per heavy atom. The predicted octanol–water partition coefficient (Wildman–Crippen LogP) is 5.32. The standard InChI is InChI=1S/C29H33N5O2/c1-4-36-18-10-16-30-29(35)33-20-25-22(3)31-34(24-13-6-5-7-14-24)28(25)32-17-9-15-26(32)27(33)23-12-8-11-21(2)19-23/h5-9,11-15,17,19,27H,4,10,16,18,20H2,1-3H3,(H,30,35). The number of benzene rings is 2. The van der Waals surface area contributed by atoms with Crippen molar-refractivity contribution in [2.24, 2.45) is 0 Å². The molecule has 2 aromatic heterocycles. The molecule has 2 amide bonds. The van der Waals surface area contributed by atoms with Gasteiger partial charge < -0.3 is 19.5 Å². The highest BCUT2D eigenvalue weighted by molar-refractivity contribution is 5.76. The van der Waals surface area contributed by atoms with Gasteiger partial charge in [0.1, 0.15) is 5.82 Å². The van der Waals surface area contributed by atoms with E-state index in [1.165, 1.54) is 0 Å². The second kappa shape index (κ2) is 10.4. The molecule has 7 nitrogen and oxygen atoms in total. The van der Waals surface area contributed by atoms with E-state index in [4.69, 9.17) is 9.84 Å². The van der Waals surface area contributed by atoms with Crippen molar-refractivity contribution < 1.29 is 9.53 Å². The molecule has 36 heavy (non-hydrogen) atoms. The molecule has 0 aliphatic carbocycles. The number of para-hydroxylation sites is 1. The van der Waals surface area contributed by atoms with Gasteiger partial charge in [-0.05, 0) is 57.0 Å². The first-order chi connectivity index (χ1) is 17.6. The molecule has 0 saturated heterocycles. The summed E-state index contributed by atoms with van der Waals surface area (Å²) in [5.41, 5.74) is 6.21. The van der Waals surface area contributed by atoms with Crippen LogP contribution in [-0.4, -0.2) is 45.0 Å². The maximum absolute atomic E-state index is 13.7. The number of nitrogens with one attached hydrogen (secondary N) is 1. The van der Waals surface area contributed by atoms with E-state index in [2.05, 4.69) is 65.5 Å². The molecule has 1 unspecified atom stereocenters. The van der Waals surface area contributed by atoms with Crippen LogP contribution in [0.25, 0.3) is 11.5 Å². The van der Waals surface area contributed by atoms with Gasteiger partial charge in [-0.2, -0.15) is 5.10 Å². The maximum Gasteiger partial charge on any atom is 0.318 e. The highest BCUT2D eigenvalue weighted by Gasteiger charge is 2.35. The Balaban J connectivity index is 1.61. The Bertz CT molecular complexity index is 1340. The number of nitrogens with zero attached hydrogens (tertiary/aromatic N) is 4. The van der Waals surface area contributed by atoms with Crippen molar-refractivity contribution in [2.75, 3.05) is 19.8 Å². The van der Waals surface area contributed by atoms with Crippen LogP contribution in [0.1, 0.15) is 47.5 Å². The summed E-state index contributed by atoms with van der Waals surface area (Å²) in [6.07, 6.45) is 2.84. The number of amides is 2. The van der Waals surface area contributed by atoms with Crippen LogP contribution in [0.5, 0.6) is 0 Å². The molecular formula is C29H33N5O2. The number of rotatable bonds is 7. The first-order valence-corrected chi connectivity index (χ1v) is 12.6. The normalized spacial score (nSPS) is 14.8. The van der Waals surface area contributed by atoms with Crippen LogP contribution in [0, 0.1) is 13.8 Å². The lowest BCUT2D eigenvalue weighted by atomic mass is 10.00. The number of aromatic nitrogens is 3. The third kappa shape index (κ3) is 4.54. The minimum atomic E-state index is -0.247. The topological polar surface area (TPSA) is 64.3 Å². The maximum atomic E-state index is 13.7. The Morgan fingerprint density at radius 3 is 2.69 bits per heavy atom. The fraction of sp³-hybridized carbons (Fsp3) is 0.310. The number of carbonyl (C=O) groups is 1. The number of carbonyl (C=O) groups excluding carboxylic acids is 1. The van der Waals surface area contributed by atoms with Crippen LogP contribution >= 0.6 is 0 Å². The van der Waals surface area contributed by atoms with Gasteiger partial charge in [0.15, 0.2) is 0 Å². The summed E-state index contributed by atoms with van der Waals surface area (Å²) in [7, 11) is 0. The zero-order chi connectivity index (χ0) is 25.1. The van der Waals surface area contributed by atoms with E-state index in [0.717, 1.165) is 46.0 Å². The van der Waals surface area contributed by atoms with Crippen molar-refractivity contribution in [2.45, 2.75) is 39.8 Å². The average molecular weight is 484 g/mol. The first kappa shape index (κ1) is 23.9. The summed E-state index contributed by atoms with van der Waals surface area (Å²) in [4.78, 5) is 15.7. The first-order valence-electron chi connectivity index (χ1n) is 12.6. The third-order valence-corrected chi connectivity index (χ3v) is 6.65. The Labute approximate surface area is 212 Å². The largest absolute Gasteiger partial charge is 0.382 e. The smallest absolute Gasteiger partial charge is 0.318 e. The van der Waals surface area contributed by atoms with Gasteiger partial charge in [0.05, 0.1) is 29.7 Å². The molecule has 0 saturated carbocycles. The molecule has 7 heteroatoms. The SMILES string of the molecule is CCOCCCNC(=O)N1Cc2c(C)nn(-c3ccccc3)c2-n2cccc2C1c1cccc(C)c1. The highest BCUT2D eigenvalue weighted by Crippen LogP contribution is 2.38. The summed E-state index contributed by atoms with van der Waals surface area (Å²) >= 11 is 0. The molecule has 0 fully saturated rings. The highest BCUT2D eigenvalue weighted by atomic mass is 16.5. The minimum absolute atomic E-state index is 0.0922. The molecule has 4 aromatic rings. The van der Waals surface area contributed by atoms with Crippen molar-refractivity contribution in [3.63, 3.8) is 0 Å². The minimum Gasteiger partial charge on any atom is -0.382 e. The van der Waals surface area contributed by atoms with Gasteiger partial charge in [-0.1, -0.05) is 48.0 Å². The molecule has 2 aromatic carbocycles. The summed E-state index contributed by atoms with van der Waals surface area (Å²) in [5.74, 6) is 0.975. The Hall–Kier alpha value is -3.84. The molecule has 0 bridgehead atoms. The molecule has 1 aliphatic heterocycles. The van der Waals surface area contributed by atoms with Crippen molar-refractivity contribution >= 4 is 6.03 Å². The Morgan fingerprint density at radius 2 is 1.92 bits per heavy atom. The van der Waals surface area contributed by atoms with E-state index < -0.39 is 0 Å². The molecule has 5 rings (SSSR count). The number of aryl methyl sites for hydroxylation is 2. The Kier molecular flexibility index (Phi) is 6.91. The van der Waals surface area contributed by atoms with Gasteiger partial charge in [-0.25, -0.2) is 9.48 Å². The second-order valence-electron chi connectivity index (χ2n) is 9.16. The number of fused-ring (bicyclic) bond motifs is 3. The van der Waals surface area contributed by atoms with Gasteiger partial charge in [0.2, 0.25) is 0 Å². The fourth-order valence-electron chi connectivity index (χ4n) is 4.96. The van der Waals surface area contributed by atoms with Crippen LogP contribution in [0.3, 0.4) is 0 Å². The molecule has 1 N–H and O–H groups in total. The van der Waals surface area contributed by atoms with Gasteiger partial charge in [0.25, 0.3) is 0 Å². The number of hydrogen-bond donors (Lipinski definition) is 1. The molecule has 0 radical (unpaired) electrons. The lowest BCUT2D eigenvalue weighted by molar-refractivity contribution is 0.143. The lowest BCUT2D eigenvalue weighted by Crippen LogP contribution is -2.42. The summed E-state index contributed by atoms with van der Waals surface area (Å²) in [6.45, 7) is 8.41. The van der Waals surface area contributed by atoms with E-state index in [9.17, 15) is 4.79 Å². The molecular weight excluding hydrogens is 450 g/mol. The van der Waals surface area contributed by atoms with Crippen molar-refractivity contribution in [1.29, 1.82) is 0 Å². The second-order valence-corrected chi connectivity index (χ2v) is 9.16. The molecule has 0 spiro atoms. The number of urea groups is 1. The monoisotopic (exact) mass is 483 g/mol. The van der Waals surface area contributed by atoms with Gasteiger partial charge >= 0.3 is 6.03 Å². The molecule has 1 aliphatic rings.